The van der Waals surface area contributed by atoms with Gasteiger partial charge in [0.05, 0.1) is 13.7 Å². The summed E-state index contributed by atoms with van der Waals surface area (Å²) in [6, 6.07) is 5.82. The van der Waals surface area contributed by atoms with Crippen LogP contribution in [-0.4, -0.2) is 23.8 Å². The fraction of sp³-hybridized carbons (Fsp3) is 0.385. The maximum atomic E-state index is 5.22. The van der Waals surface area contributed by atoms with Crippen LogP contribution in [0.2, 0.25) is 0 Å². The van der Waals surface area contributed by atoms with E-state index in [4.69, 9.17) is 9.26 Å². The predicted molar refractivity (Wildman–Crippen MR) is 68.4 cm³/mol. The lowest BCUT2D eigenvalue weighted by Crippen LogP contribution is -2.11. The first-order valence-corrected chi connectivity index (χ1v) is 5.93. The molecule has 2 rings (SSSR count). The number of hydrogen-bond acceptors (Lipinski definition) is 5. The second-order valence-corrected chi connectivity index (χ2v) is 3.98. The van der Waals surface area contributed by atoms with Gasteiger partial charge in [0, 0.05) is 5.56 Å². The van der Waals surface area contributed by atoms with Crippen LogP contribution in [0.3, 0.4) is 0 Å². The van der Waals surface area contributed by atoms with E-state index < -0.39 is 0 Å². The van der Waals surface area contributed by atoms with Crippen LogP contribution in [0.5, 0.6) is 5.75 Å². The van der Waals surface area contributed by atoms with Crippen LogP contribution in [0.25, 0.3) is 11.4 Å². The van der Waals surface area contributed by atoms with Gasteiger partial charge >= 0.3 is 0 Å². The van der Waals surface area contributed by atoms with Crippen LogP contribution in [-0.2, 0) is 6.54 Å². The minimum Gasteiger partial charge on any atom is -0.496 e. The molecule has 96 valence electrons. The molecular formula is C13H17N3O2. The summed E-state index contributed by atoms with van der Waals surface area (Å²) in [6.07, 6.45) is 0. The smallest absolute Gasteiger partial charge is 0.240 e. The van der Waals surface area contributed by atoms with Gasteiger partial charge in [-0.1, -0.05) is 12.1 Å². The van der Waals surface area contributed by atoms with Gasteiger partial charge in [0.15, 0.2) is 0 Å². The third-order valence-corrected chi connectivity index (χ3v) is 2.65. The molecule has 0 amide bonds. The van der Waals surface area contributed by atoms with Gasteiger partial charge < -0.3 is 14.6 Å². The third kappa shape index (κ3) is 2.68. The van der Waals surface area contributed by atoms with Crippen molar-refractivity contribution in [2.24, 2.45) is 0 Å². The van der Waals surface area contributed by atoms with Crippen molar-refractivity contribution < 1.29 is 9.26 Å². The zero-order valence-corrected chi connectivity index (χ0v) is 10.9. The number of nitrogens with zero attached hydrogens (tertiary/aromatic N) is 2. The second-order valence-electron chi connectivity index (χ2n) is 3.98. The topological polar surface area (TPSA) is 60.2 Å². The van der Waals surface area contributed by atoms with Crippen molar-refractivity contribution in [2.45, 2.75) is 20.4 Å². The van der Waals surface area contributed by atoms with Gasteiger partial charge in [0.25, 0.3) is 0 Å². The molecule has 0 spiro atoms. The average molecular weight is 247 g/mol. The molecule has 0 aliphatic heterocycles. The van der Waals surface area contributed by atoms with E-state index in [2.05, 4.69) is 15.5 Å². The molecule has 0 aliphatic rings. The molecule has 0 saturated carbocycles. The Balaban J connectivity index is 2.20. The summed E-state index contributed by atoms with van der Waals surface area (Å²) < 4.78 is 10.4. The summed E-state index contributed by atoms with van der Waals surface area (Å²) in [5.41, 5.74) is 1.98. The van der Waals surface area contributed by atoms with Crippen LogP contribution in [0.15, 0.2) is 22.7 Å². The average Bonchev–Trinajstić information content (AvgIpc) is 2.85. The van der Waals surface area contributed by atoms with Gasteiger partial charge in [-0.15, -0.1) is 0 Å². The van der Waals surface area contributed by atoms with E-state index >= 15 is 0 Å². The molecule has 0 bridgehead atoms. The lowest BCUT2D eigenvalue weighted by Gasteiger charge is -2.04. The number of ether oxygens (including phenoxy) is 1. The number of aromatic nitrogens is 2. The van der Waals surface area contributed by atoms with Crippen LogP contribution in [0.1, 0.15) is 18.4 Å². The maximum Gasteiger partial charge on any atom is 0.240 e. The van der Waals surface area contributed by atoms with Gasteiger partial charge in [-0.05, 0) is 37.2 Å². The Morgan fingerprint density at radius 2 is 2.22 bits per heavy atom. The van der Waals surface area contributed by atoms with Crippen molar-refractivity contribution in [3.05, 3.63) is 29.7 Å². The number of aryl methyl sites for hydroxylation is 1. The molecule has 1 heterocycles. The molecule has 0 fully saturated rings. The fourth-order valence-electron chi connectivity index (χ4n) is 1.69. The Bertz CT molecular complexity index is 523. The summed E-state index contributed by atoms with van der Waals surface area (Å²) in [5, 5.41) is 7.11. The number of hydrogen-bond donors (Lipinski definition) is 1. The number of benzene rings is 1. The quantitative estimate of drug-likeness (QED) is 0.877. The summed E-state index contributed by atoms with van der Waals surface area (Å²) in [7, 11) is 1.66. The van der Waals surface area contributed by atoms with Crippen molar-refractivity contribution in [1.82, 2.24) is 15.5 Å². The zero-order valence-electron chi connectivity index (χ0n) is 10.9. The third-order valence-electron chi connectivity index (χ3n) is 2.65. The van der Waals surface area contributed by atoms with Crippen LogP contribution >= 0.6 is 0 Å². The van der Waals surface area contributed by atoms with E-state index in [0.717, 1.165) is 23.4 Å². The highest BCUT2D eigenvalue weighted by atomic mass is 16.5. The van der Waals surface area contributed by atoms with Crippen molar-refractivity contribution in [3.63, 3.8) is 0 Å². The minimum atomic E-state index is 0.596. The molecule has 0 aliphatic carbocycles. The van der Waals surface area contributed by atoms with E-state index in [9.17, 15) is 0 Å². The van der Waals surface area contributed by atoms with Crippen LogP contribution in [0.4, 0.5) is 0 Å². The molecule has 0 atom stereocenters. The van der Waals surface area contributed by atoms with Gasteiger partial charge in [-0.3, -0.25) is 0 Å². The lowest BCUT2D eigenvalue weighted by atomic mass is 10.1. The summed E-state index contributed by atoms with van der Waals surface area (Å²) in [5.74, 6) is 2.06. The van der Waals surface area contributed by atoms with E-state index in [-0.39, 0.29) is 0 Å². The van der Waals surface area contributed by atoms with Gasteiger partial charge in [0.1, 0.15) is 5.75 Å². The molecular weight excluding hydrogens is 230 g/mol. The Hall–Kier alpha value is -1.88. The van der Waals surface area contributed by atoms with Crippen molar-refractivity contribution in [1.29, 1.82) is 0 Å². The molecule has 5 nitrogen and oxygen atoms in total. The first-order chi connectivity index (χ1) is 8.74. The Kier molecular flexibility index (Phi) is 3.94. The lowest BCUT2D eigenvalue weighted by molar-refractivity contribution is 0.369. The minimum absolute atomic E-state index is 0.596. The largest absolute Gasteiger partial charge is 0.496 e. The summed E-state index contributed by atoms with van der Waals surface area (Å²) in [4.78, 5) is 4.33. The molecule has 1 aromatic carbocycles. The van der Waals surface area contributed by atoms with Crippen LogP contribution in [0, 0.1) is 6.92 Å². The monoisotopic (exact) mass is 247 g/mol. The van der Waals surface area contributed by atoms with Gasteiger partial charge in [0.2, 0.25) is 11.7 Å². The van der Waals surface area contributed by atoms with Crippen molar-refractivity contribution in [3.8, 4) is 17.1 Å². The number of nitrogens with one attached hydrogen (secondary N) is 1. The highest BCUT2D eigenvalue weighted by Gasteiger charge is 2.09. The molecule has 0 unspecified atom stereocenters. The molecule has 2 aromatic rings. The Labute approximate surface area is 106 Å². The Morgan fingerprint density at radius 1 is 1.39 bits per heavy atom. The van der Waals surface area contributed by atoms with E-state index in [1.165, 1.54) is 0 Å². The molecule has 1 N–H and O–H groups in total. The fourth-order valence-corrected chi connectivity index (χ4v) is 1.69. The second kappa shape index (κ2) is 5.64. The standard InChI is InChI=1S/C13H17N3O2/c1-4-14-8-12-15-13(16-18-12)10-5-6-11(17-3)9(2)7-10/h5-7,14H,4,8H2,1-3H3. The van der Waals surface area contributed by atoms with Crippen molar-refractivity contribution in [2.75, 3.05) is 13.7 Å². The maximum absolute atomic E-state index is 5.22. The SMILES string of the molecule is CCNCc1nc(-c2ccc(OC)c(C)c2)no1. The molecule has 0 saturated heterocycles. The predicted octanol–water partition coefficient (Wildman–Crippen LogP) is 2.16. The first-order valence-electron chi connectivity index (χ1n) is 5.93. The van der Waals surface area contributed by atoms with Crippen LogP contribution < -0.4 is 10.1 Å². The zero-order chi connectivity index (χ0) is 13.0. The highest BCUT2D eigenvalue weighted by molar-refractivity contribution is 5.58. The Morgan fingerprint density at radius 3 is 2.89 bits per heavy atom. The number of rotatable bonds is 5. The normalized spacial score (nSPS) is 10.6. The number of methoxy groups -OCH3 is 1. The summed E-state index contributed by atoms with van der Waals surface area (Å²) in [6.45, 7) is 5.49. The van der Waals surface area contributed by atoms with E-state index in [1.54, 1.807) is 7.11 Å². The highest BCUT2D eigenvalue weighted by Crippen LogP contribution is 2.24. The van der Waals surface area contributed by atoms with Crippen molar-refractivity contribution >= 4 is 0 Å². The first kappa shape index (κ1) is 12.6. The molecule has 5 heteroatoms. The van der Waals surface area contributed by atoms with Gasteiger partial charge in [-0.2, -0.15) is 4.98 Å². The molecule has 0 radical (unpaired) electrons. The van der Waals surface area contributed by atoms with E-state index in [0.29, 0.717) is 18.3 Å². The molecule has 1 aromatic heterocycles. The van der Waals surface area contributed by atoms with Gasteiger partial charge in [-0.25, -0.2) is 0 Å². The van der Waals surface area contributed by atoms with E-state index in [1.807, 2.05) is 32.0 Å². The summed E-state index contributed by atoms with van der Waals surface area (Å²) >= 11 is 0. The molecule has 18 heavy (non-hydrogen) atoms.